The summed E-state index contributed by atoms with van der Waals surface area (Å²) in [5.74, 6) is 0.819. The van der Waals surface area contributed by atoms with Crippen LogP contribution in [0.4, 0.5) is 5.69 Å². The number of para-hydroxylation sites is 1. The first-order valence-electron chi connectivity index (χ1n) is 6.99. The Morgan fingerprint density at radius 2 is 2.09 bits per heavy atom. The van der Waals surface area contributed by atoms with Crippen molar-refractivity contribution in [1.29, 1.82) is 0 Å². The van der Waals surface area contributed by atoms with Gasteiger partial charge in [-0.3, -0.25) is 4.72 Å². The van der Waals surface area contributed by atoms with E-state index in [-0.39, 0.29) is 4.21 Å². The second kappa shape index (κ2) is 6.13. The van der Waals surface area contributed by atoms with Crippen LogP contribution in [-0.2, 0) is 16.4 Å². The molecule has 0 bridgehead atoms. The minimum Gasteiger partial charge on any atom is -0.339 e. The molecule has 120 valence electrons. The minimum absolute atomic E-state index is 0.209. The van der Waals surface area contributed by atoms with Gasteiger partial charge in [-0.25, -0.2) is 8.42 Å². The molecule has 0 saturated heterocycles. The number of aromatic nitrogens is 2. The van der Waals surface area contributed by atoms with Crippen molar-refractivity contribution in [1.82, 2.24) is 10.1 Å². The number of anilines is 1. The van der Waals surface area contributed by atoms with Crippen molar-refractivity contribution in [2.75, 3.05) is 4.72 Å². The number of hydrogen-bond donors (Lipinski definition) is 1. The van der Waals surface area contributed by atoms with Crippen LogP contribution < -0.4 is 4.72 Å². The van der Waals surface area contributed by atoms with Gasteiger partial charge in [0, 0.05) is 17.9 Å². The van der Waals surface area contributed by atoms with Gasteiger partial charge in [0.25, 0.3) is 10.0 Å². The van der Waals surface area contributed by atoms with Crippen LogP contribution in [0.15, 0.2) is 44.4 Å². The average Bonchev–Trinajstić information content (AvgIpc) is 3.16. The lowest BCUT2D eigenvalue weighted by molar-refractivity contribution is 0.394. The Bertz CT molecular complexity index is 929. The maximum Gasteiger partial charge on any atom is 0.271 e. The lowest BCUT2D eigenvalue weighted by Crippen LogP contribution is -2.12. The standard InChI is InChI=1S/C15H15N3O3S2/c1-3-11-6-4-5-7-13(11)18-23(19,20)14-8-12(9-22-14)15-16-10(2)21-17-15/h4-9,18H,3H2,1-2H3. The number of nitrogens with one attached hydrogen (secondary N) is 1. The van der Waals surface area contributed by atoms with Crippen molar-refractivity contribution in [3.8, 4) is 11.4 Å². The van der Waals surface area contributed by atoms with Crippen molar-refractivity contribution < 1.29 is 12.9 Å². The van der Waals surface area contributed by atoms with Crippen LogP contribution in [0.2, 0.25) is 0 Å². The number of sulfonamides is 1. The smallest absolute Gasteiger partial charge is 0.271 e. The molecule has 0 saturated carbocycles. The van der Waals surface area contributed by atoms with Crippen LogP contribution in [0, 0.1) is 6.92 Å². The summed E-state index contributed by atoms with van der Waals surface area (Å²) in [5.41, 5.74) is 2.16. The quantitative estimate of drug-likeness (QED) is 0.762. The fourth-order valence-electron chi connectivity index (χ4n) is 2.11. The largest absolute Gasteiger partial charge is 0.339 e. The van der Waals surface area contributed by atoms with E-state index in [2.05, 4.69) is 14.9 Å². The van der Waals surface area contributed by atoms with E-state index < -0.39 is 10.0 Å². The molecule has 0 atom stereocenters. The van der Waals surface area contributed by atoms with E-state index in [1.165, 1.54) is 0 Å². The molecule has 6 nitrogen and oxygen atoms in total. The summed E-state index contributed by atoms with van der Waals surface area (Å²) in [4.78, 5) is 4.10. The Hall–Kier alpha value is -2.19. The second-order valence-corrected chi connectivity index (χ2v) is 7.73. The summed E-state index contributed by atoms with van der Waals surface area (Å²) in [7, 11) is -3.64. The molecule has 0 radical (unpaired) electrons. The number of hydrogen-bond acceptors (Lipinski definition) is 6. The van der Waals surface area contributed by atoms with E-state index in [9.17, 15) is 8.42 Å². The zero-order chi connectivity index (χ0) is 16.4. The molecule has 0 spiro atoms. The maximum atomic E-state index is 12.6. The van der Waals surface area contributed by atoms with Gasteiger partial charge in [0.2, 0.25) is 11.7 Å². The van der Waals surface area contributed by atoms with E-state index in [1.54, 1.807) is 30.5 Å². The number of benzene rings is 1. The third kappa shape index (κ3) is 3.27. The summed E-state index contributed by atoms with van der Waals surface area (Å²) in [6, 6.07) is 8.90. The highest BCUT2D eigenvalue weighted by molar-refractivity contribution is 7.94. The van der Waals surface area contributed by atoms with Gasteiger partial charge in [-0.05, 0) is 24.1 Å². The summed E-state index contributed by atoms with van der Waals surface area (Å²) in [5, 5.41) is 5.50. The lowest BCUT2D eigenvalue weighted by Gasteiger charge is -2.10. The molecule has 2 aromatic heterocycles. The summed E-state index contributed by atoms with van der Waals surface area (Å²) >= 11 is 1.12. The van der Waals surface area contributed by atoms with Crippen molar-refractivity contribution in [3.05, 3.63) is 47.2 Å². The van der Waals surface area contributed by atoms with Gasteiger partial charge in [-0.15, -0.1) is 11.3 Å². The molecule has 3 aromatic rings. The molecule has 1 aromatic carbocycles. The molecule has 0 aliphatic heterocycles. The molecule has 0 amide bonds. The SMILES string of the molecule is CCc1ccccc1NS(=O)(=O)c1cc(-c2noc(C)n2)cs1. The average molecular weight is 349 g/mol. The number of rotatable bonds is 5. The molecule has 3 rings (SSSR count). The number of thiophene rings is 1. The zero-order valence-corrected chi connectivity index (χ0v) is 14.2. The molecule has 23 heavy (non-hydrogen) atoms. The number of nitrogens with zero attached hydrogens (tertiary/aromatic N) is 2. The third-order valence-corrected chi connectivity index (χ3v) is 6.07. The van der Waals surface area contributed by atoms with Crippen LogP contribution in [0.1, 0.15) is 18.4 Å². The van der Waals surface area contributed by atoms with Gasteiger partial charge < -0.3 is 4.52 Å². The van der Waals surface area contributed by atoms with Crippen LogP contribution in [0.5, 0.6) is 0 Å². The first-order valence-corrected chi connectivity index (χ1v) is 9.36. The topological polar surface area (TPSA) is 85.1 Å². The Morgan fingerprint density at radius 1 is 1.30 bits per heavy atom. The van der Waals surface area contributed by atoms with Crippen LogP contribution in [0.25, 0.3) is 11.4 Å². The first-order chi connectivity index (χ1) is 11.0. The van der Waals surface area contributed by atoms with Gasteiger partial charge in [0.15, 0.2) is 0 Å². The molecule has 0 aliphatic rings. The molecule has 1 N–H and O–H groups in total. The van der Waals surface area contributed by atoms with E-state index in [0.717, 1.165) is 23.3 Å². The highest BCUT2D eigenvalue weighted by Crippen LogP contribution is 2.29. The Kier molecular flexibility index (Phi) is 4.18. The van der Waals surface area contributed by atoms with Gasteiger partial charge in [-0.1, -0.05) is 30.3 Å². The van der Waals surface area contributed by atoms with Crippen LogP contribution >= 0.6 is 11.3 Å². The third-order valence-electron chi connectivity index (χ3n) is 3.27. The van der Waals surface area contributed by atoms with E-state index >= 15 is 0 Å². The Labute approximate surface area is 138 Å². The monoisotopic (exact) mass is 349 g/mol. The predicted molar refractivity (Wildman–Crippen MR) is 89.0 cm³/mol. The fourth-order valence-corrected chi connectivity index (χ4v) is 4.37. The molecule has 0 aliphatic carbocycles. The van der Waals surface area contributed by atoms with Crippen molar-refractivity contribution in [2.24, 2.45) is 0 Å². The van der Waals surface area contributed by atoms with Crippen LogP contribution in [-0.4, -0.2) is 18.6 Å². The number of aryl methyl sites for hydroxylation is 2. The molecule has 0 unspecified atom stereocenters. The minimum atomic E-state index is -3.64. The summed E-state index contributed by atoms with van der Waals surface area (Å²) < 4.78 is 32.9. The highest BCUT2D eigenvalue weighted by atomic mass is 32.2. The molecular weight excluding hydrogens is 334 g/mol. The van der Waals surface area contributed by atoms with Crippen LogP contribution in [0.3, 0.4) is 0 Å². The summed E-state index contributed by atoms with van der Waals surface area (Å²) in [6.07, 6.45) is 0.747. The lowest BCUT2D eigenvalue weighted by atomic mass is 10.1. The van der Waals surface area contributed by atoms with Crippen molar-refractivity contribution >= 4 is 27.0 Å². The van der Waals surface area contributed by atoms with Gasteiger partial charge in [-0.2, -0.15) is 4.98 Å². The molecular formula is C15H15N3O3S2. The maximum absolute atomic E-state index is 12.6. The highest BCUT2D eigenvalue weighted by Gasteiger charge is 2.20. The fraction of sp³-hybridized carbons (Fsp3) is 0.200. The normalized spacial score (nSPS) is 11.6. The second-order valence-electron chi connectivity index (χ2n) is 4.91. The molecule has 0 fully saturated rings. The van der Waals surface area contributed by atoms with E-state index in [4.69, 9.17) is 4.52 Å². The molecule has 8 heteroatoms. The predicted octanol–water partition coefficient (Wildman–Crippen LogP) is 3.47. The van der Waals surface area contributed by atoms with Crippen molar-refractivity contribution in [3.63, 3.8) is 0 Å². The Balaban J connectivity index is 1.90. The molecule has 2 heterocycles. The Morgan fingerprint density at radius 3 is 2.78 bits per heavy atom. The van der Waals surface area contributed by atoms with E-state index in [0.29, 0.717) is 23.0 Å². The van der Waals surface area contributed by atoms with Gasteiger partial charge in [0.05, 0.1) is 5.69 Å². The summed E-state index contributed by atoms with van der Waals surface area (Å²) in [6.45, 7) is 3.67. The van der Waals surface area contributed by atoms with Gasteiger partial charge >= 0.3 is 0 Å². The first kappa shape index (κ1) is 15.7. The van der Waals surface area contributed by atoms with Gasteiger partial charge in [0.1, 0.15) is 4.21 Å². The zero-order valence-electron chi connectivity index (χ0n) is 12.6. The van der Waals surface area contributed by atoms with E-state index in [1.807, 2.05) is 19.1 Å². The van der Waals surface area contributed by atoms with Crippen molar-refractivity contribution in [2.45, 2.75) is 24.5 Å².